The largest absolute Gasteiger partial charge is 0.480 e. The van der Waals surface area contributed by atoms with Gasteiger partial charge in [0.25, 0.3) is 0 Å². The maximum absolute atomic E-state index is 10.9. The number of hydrogen-bond acceptors (Lipinski definition) is 3. The summed E-state index contributed by atoms with van der Waals surface area (Å²) in [5.74, 6) is 5.57. The van der Waals surface area contributed by atoms with Crippen LogP contribution < -0.4 is 0 Å². The Hall–Kier alpha value is -2.61. The van der Waals surface area contributed by atoms with Gasteiger partial charge in [0.15, 0.2) is 0 Å². The quantitative estimate of drug-likeness (QED) is 0.221. The van der Waals surface area contributed by atoms with E-state index in [1.165, 1.54) is 12.0 Å². The average molecular weight is 449 g/mol. The monoisotopic (exact) mass is 448 g/mol. The molecular weight excluding hydrogens is 412 g/mol. The fourth-order valence-electron chi connectivity index (χ4n) is 4.78. The van der Waals surface area contributed by atoms with Gasteiger partial charge in [-0.15, -0.1) is 0 Å². The Morgan fingerprint density at radius 3 is 2.64 bits per heavy atom. The van der Waals surface area contributed by atoms with Gasteiger partial charge >= 0.3 is 5.97 Å². The van der Waals surface area contributed by atoms with Crippen LogP contribution in [-0.2, 0) is 9.53 Å². The van der Waals surface area contributed by atoms with Crippen molar-refractivity contribution in [3.05, 3.63) is 71.8 Å². The third kappa shape index (κ3) is 7.19. The van der Waals surface area contributed by atoms with E-state index in [1.54, 1.807) is 0 Å². The van der Waals surface area contributed by atoms with Crippen molar-refractivity contribution >= 4 is 5.97 Å². The number of allylic oxidation sites excluding steroid dienone is 4. The third-order valence-electron chi connectivity index (χ3n) is 7.09. The van der Waals surface area contributed by atoms with E-state index in [0.29, 0.717) is 13.0 Å². The topological polar surface area (TPSA) is 66.8 Å². The van der Waals surface area contributed by atoms with Crippen LogP contribution in [0.1, 0.15) is 63.9 Å². The predicted octanol–water partition coefficient (Wildman–Crippen LogP) is 5.68. The van der Waals surface area contributed by atoms with Crippen LogP contribution in [0.25, 0.3) is 0 Å². The molecule has 0 radical (unpaired) electrons. The standard InChI is InChI=1S/C29H36O4/c1-28(17-7-5-14-25(28)16-22-33-23-27(31)32)18-8-6-15-26(30)29(20-10-21-29)19-9-13-24-11-3-2-4-12-24/h2-4,6,8,11-12,15-16,18,26,30H,5,7,10,14,17,19-23H2,1H3,(H,31,32)/b15-6+,18-8+,25-16+/t26-,28-/m0/s1. The molecule has 0 saturated heterocycles. The first-order valence-corrected chi connectivity index (χ1v) is 12.0. The van der Waals surface area contributed by atoms with Crippen molar-refractivity contribution < 1.29 is 19.7 Å². The van der Waals surface area contributed by atoms with E-state index >= 15 is 0 Å². The highest BCUT2D eigenvalue weighted by Gasteiger charge is 2.41. The number of rotatable bonds is 9. The number of benzene rings is 1. The van der Waals surface area contributed by atoms with E-state index in [-0.39, 0.29) is 17.4 Å². The van der Waals surface area contributed by atoms with Gasteiger partial charge in [0, 0.05) is 22.8 Å². The van der Waals surface area contributed by atoms with E-state index in [4.69, 9.17) is 9.84 Å². The van der Waals surface area contributed by atoms with Crippen LogP contribution in [-0.4, -0.2) is 35.5 Å². The molecular formula is C29H36O4. The van der Waals surface area contributed by atoms with Gasteiger partial charge < -0.3 is 14.9 Å². The molecule has 2 aliphatic rings. The molecule has 3 rings (SSSR count). The first-order chi connectivity index (χ1) is 15.9. The fraction of sp³-hybridized carbons (Fsp3) is 0.483. The molecule has 2 atom stereocenters. The second-order valence-corrected chi connectivity index (χ2v) is 9.51. The lowest BCUT2D eigenvalue weighted by molar-refractivity contribution is -0.141. The van der Waals surface area contributed by atoms with E-state index in [9.17, 15) is 9.90 Å². The summed E-state index contributed by atoms with van der Waals surface area (Å²) in [6.45, 7) is 2.28. The first kappa shape index (κ1) is 25.0. The van der Waals surface area contributed by atoms with E-state index < -0.39 is 12.1 Å². The number of aliphatic hydroxyl groups excluding tert-OH is 1. The Morgan fingerprint density at radius 2 is 1.94 bits per heavy atom. The van der Waals surface area contributed by atoms with Gasteiger partial charge in [-0.3, -0.25) is 0 Å². The molecule has 176 valence electrons. The zero-order chi connectivity index (χ0) is 23.6. The zero-order valence-electron chi connectivity index (χ0n) is 19.6. The number of carboxylic acids is 1. The van der Waals surface area contributed by atoms with Crippen molar-refractivity contribution in [1.29, 1.82) is 0 Å². The molecule has 33 heavy (non-hydrogen) atoms. The van der Waals surface area contributed by atoms with Crippen molar-refractivity contribution in [2.75, 3.05) is 13.2 Å². The van der Waals surface area contributed by atoms with Gasteiger partial charge in [0.05, 0.1) is 12.7 Å². The number of aliphatic carboxylic acids is 1. The van der Waals surface area contributed by atoms with Gasteiger partial charge in [0.2, 0.25) is 0 Å². The lowest BCUT2D eigenvalue weighted by atomic mass is 9.63. The minimum atomic E-state index is -0.946. The summed E-state index contributed by atoms with van der Waals surface area (Å²) in [4.78, 5) is 10.6. The SMILES string of the molecule is C[C@@]1(/C=C/C=C/[C@H](O)C2(CC#Cc3ccccc3)CCC2)CCCC/C1=C\COCC(=O)O. The Labute approximate surface area is 198 Å². The van der Waals surface area contributed by atoms with Crippen LogP contribution in [0.4, 0.5) is 0 Å². The number of ether oxygens (including phenoxy) is 1. The van der Waals surface area contributed by atoms with Crippen LogP contribution >= 0.6 is 0 Å². The highest BCUT2D eigenvalue weighted by Crippen LogP contribution is 2.47. The molecule has 0 heterocycles. The molecule has 2 aliphatic carbocycles. The Balaban J connectivity index is 1.58. The summed E-state index contributed by atoms with van der Waals surface area (Å²) in [6, 6.07) is 9.98. The lowest BCUT2D eigenvalue weighted by Gasteiger charge is -2.43. The predicted molar refractivity (Wildman–Crippen MR) is 132 cm³/mol. The van der Waals surface area contributed by atoms with Crippen LogP contribution in [0.15, 0.2) is 66.3 Å². The Morgan fingerprint density at radius 1 is 1.15 bits per heavy atom. The second kappa shape index (κ2) is 12.0. The summed E-state index contributed by atoms with van der Waals surface area (Å²) in [6.07, 6.45) is 17.9. The van der Waals surface area contributed by atoms with Gasteiger partial charge in [-0.25, -0.2) is 4.79 Å². The molecule has 0 aromatic heterocycles. The molecule has 0 spiro atoms. The van der Waals surface area contributed by atoms with E-state index in [2.05, 4.69) is 24.8 Å². The Kier molecular flexibility index (Phi) is 9.11. The maximum atomic E-state index is 10.9. The van der Waals surface area contributed by atoms with Gasteiger partial charge in [-0.1, -0.05) is 85.8 Å². The molecule has 0 unspecified atom stereocenters. The fourth-order valence-corrected chi connectivity index (χ4v) is 4.78. The number of carbonyl (C=O) groups is 1. The van der Waals surface area contributed by atoms with Crippen molar-refractivity contribution in [2.45, 2.75) is 64.4 Å². The summed E-state index contributed by atoms with van der Waals surface area (Å²) in [5, 5.41) is 19.6. The second-order valence-electron chi connectivity index (χ2n) is 9.51. The molecule has 1 aromatic carbocycles. The highest BCUT2D eigenvalue weighted by atomic mass is 16.5. The molecule has 4 nitrogen and oxygen atoms in total. The molecule has 0 bridgehead atoms. The van der Waals surface area contributed by atoms with Crippen LogP contribution in [0.5, 0.6) is 0 Å². The summed E-state index contributed by atoms with van der Waals surface area (Å²) in [7, 11) is 0. The van der Waals surface area contributed by atoms with Crippen molar-refractivity contribution in [3.63, 3.8) is 0 Å². The van der Waals surface area contributed by atoms with Gasteiger partial charge in [-0.05, 0) is 44.2 Å². The molecule has 4 heteroatoms. The molecule has 1 aromatic rings. The van der Waals surface area contributed by atoms with Crippen molar-refractivity contribution in [2.24, 2.45) is 10.8 Å². The number of aliphatic hydroxyl groups is 1. The van der Waals surface area contributed by atoms with Crippen molar-refractivity contribution in [1.82, 2.24) is 0 Å². The van der Waals surface area contributed by atoms with Gasteiger partial charge in [0.1, 0.15) is 6.61 Å². The minimum absolute atomic E-state index is 0.0601. The molecule has 0 aliphatic heterocycles. The summed E-state index contributed by atoms with van der Waals surface area (Å²) in [5.41, 5.74) is 2.12. The van der Waals surface area contributed by atoms with Crippen molar-refractivity contribution in [3.8, 4) is 11.8 Å². The molecule has 2 N–H and O–H groups in total. The Bertz CT molecular complexity index is 927. The highest BCUT2D eigenvalue weighted by molar-refractivity contribution is 5.68. The maximum Gasteiger partial charge on any atom is 0.329 e. The molecule has 2 fully saturated rings. The summed E-state index contributed by atoms with van der Waals surface area (Å²) >= 11 is 0. The minimum Gasteiger partial charge on any atom is -0.480 e. The number of hydrogen-bond donors (Lipinski definition) is 2. The number of carboxylic acid groups (broad SMARTS) is 1. The normalized spacial score (nSPS) is 24.4. The van der Waals surface area contributed by atoms with Gasteiger partial charge in [-0.2, -0.15) is 0 Å². The van der Waals surface area contributed by atoms with Crippen LogP contribution in [0.2, 0.25) is 0 Å². The summed E-state index contributed by atoms with van der Waals surface area (Å²) < 4.78 is 5.21. The first-order valence-electron chi connectivity index (χ1n) is 12.0. The van der Waals surface area contributed by atoms with Crippen LogP contribution in [0, 0.1) is 22.7 Å². The van der Waals surface area contributed by atoms with E-state index in [1.807, 2.05) is 54.6 Å². The average Bonchev–Trinajstić information content (AvgIpc) is 2.77. The molecule has 2 saturated carbocycles. The zero-order valence-corrected chi connectivity index (χ0v) is 19.6. The third-order valence-corrected chi connectivity index (χ3v) is 7.09. The van der Waals surface area contributed by atoms with E-state index in [0.717, 1.165) is 44.1 Å². The van der Waals surface area contributed by atoms with Crippen LogP contribution in [0.3, 0.4) is 0 Å². The smallest absolute Gasteiger partial charge is 0.329 e. The molecule has 0 amide bonds. The lowest BCUT2D eigenvalue weighted by Crippen LogP contribution is -2.40.